The first-order chi connectivity index (χ1) is 10.9. The normalized spacial score (nSPS) is 15.0. The van der Waals surface area contributed by atoms with Gasteiger partial charge in [-0.05, 0) is 29.5 Å². The van der Waals surface area contributed by atoms with E-state index in [9.17, 15) is 18.0 Å². The Morgan fingerprint density at radius 1 is 1.25 bits per heavy atom. The first kappa shape index (κ1) is 20.3. The van der Waals surface area contributed by atoms with E-state index in [1.807, 2.05) is 20.8 Å². The fraction of sp³-hybridized carbons (Fsp3) is 0.588. The van der Waals surface area contributed by atoms with Crippen LogP contribution >= 0.6 is 0 Å². The molecule has 136 valence electrons. The Morgan fingerprint density at radius 2 is 1.88 bits per heavy atom. The fourth-order valence-corrected chi connectivity index (χ4v) is 2.67. The Morgan fingerprint density at radius 3 is 2.33 bits per heavy atom. The molecule has 2 atom stereocenters. The van der Waals surface area contributed by atoms with Crippen LogP contribution in [0.15, 0.2) is 24.3 Å². The van der Waals surface area contributed by atoms with Crippen LogP contribution in [0.1, 0.15) is 38.7 Å². The van der Waals surface area contributed by atoms with Crippen LogP contribution in [0, 0.1) is 11.3 Å². The van der Waals surface area contributed by atoms with E-state index in [-0.39, 0.29) is 17.8 Å². The third-order valence-electron chi connectivity index (χ3n) is 3.55. The molecule has 2 N–H and O–H groups in total. The smallest absolute Gasteiger partial charge is 0.406 e. The standard InChI is InChI=1S/C17H24F3NO3/c1-16(2,3)9-13(15(21)22)14(10-23-4)11-6-5-7-12(8-11)24-17(18,19)20/h5-8,13-14H,9-10H2,1-4H3,(H2,21,22)/t13?,14-/m0/s1. The molecule has 24 heavy (non-hydrogen) atoms. The number of hydrogen-bond acceptors (Lipinski definition) is 3. The Kier molecular flexibility index (Phi) is 6.66. The third kappa shape index (κ3) is 6.78. The van der Waals surface area contributed by atoms with E-state index in [1.54, 1.807) is 6.07 Å². The van der Waals surface area contributed by atoms with E-state index in [0.29, 0.717) is 12.0 Å². The number of rotatable bonds is 7. The van der Waals surface area contributed by atoms with Gasteiger partial charge in [-0.2, -0.15) is 0 Å². The molecule has 0 saturated heterocycles. The van der Waals surface area contributed by atoms with Crippen LogP contribution in [0.2, 0.25) is 0 Å². The van der Waals surface area contributed by atoms with Crippen molar-refractivity contribution in [1.29, 1.82) is 0 Å². The van der Waals surface area contributed by atoms with E-state index in [4.69, 9.17) is 10.5 Å². The average molecular weight is 347 g/mol. The highest BCUT2D eigenvalue weighted by Gasteiger charge is 2.34. The van der Waals surface area contributed by atoms with Crippen molar-refractivity contribution in [2.45, 2.75) is 39.5 Å². The van der Waals surface area contributed by atoms with Crippen LogP contribution in [0.4, 0.5) is 13.2 Å². The number of carbonyl (C=O) groups is 1. The highest BCUT2D eigenvalue weighted by Crippen LogP contribution is 2.36. The number of amides is 1. The van der Waals surface area contributed by atoms with E-state index < -0.39 is 24.1 Å². The van der Waals surface area contributed by atoms with Crippen molar-refractivity contribution in [1.82, 2.24) is 0 Å². The van der Waals surface area contributed by atoms with E-state index in [0.717, 1.165) is 0 Å². The van der Waals surface area contributed by atoms with Gasteiger partial charge in [-0.1, -0.05) is 32.9 Å². The molecule has 1 aromatic carbocycles. The van der Waals surface area contributed by atoms with Gasteiger partial charge in [0.1, 0.15) is 5.75 Å². The molecule has 4 nitrogen and oxygen atoms in total. The largest absolute Gasteiger partial charge is 0.573 e. The maximum atomic E-state index is 12.4. The molecule has 0 aliphatic heterocycles. The van der Waals surface area contributed by atoms with Gasteiger partial charge in [-0.25, -0.2) is 0 Å². The van der Waals surface area contributed by atoms with Gasteiger partial charge in [0, 0.05) is 18.9 Å². The van der Waals surface area contributed by atoms with Gasteiger partial charge in [0.15, 0.2) is 0 Å². The molecule has 0 aliphatic carbocycles. The maximum Gasteiger partial charge on any atom is 0.573 e. The lowest BCUT2D eigenvalue weighted by atomic mass is 9.76. The van der Waals surface area contributed by atoms with Crippen molar-refractivity contribution < 1.29 is 27.4 Å². The number of benzene rings is 1. The zero-order valence-electron chi connectivity index (χ0n) is 14.3. The van der Waals surface area contributed by atoms with Crippen LogP contribution in [0.3, 0.4) is 0 Å². The van der Waals surface area contributed by atoms with Crippen molar-refractivity contribution in [2.24, 2.45) is 17.1 Å². The van der Waals surface area contributed by atoms with Crippen molar-refractivity contribution in [2.75, 3.05) is 13.7 Å². The molecular weight excluding hydrogens is 323 g/mol. The monoisotopic (exact) mass is 347 g/mol. The Labute approximate surface area is 140 Å². The minimum absolute atomic E-state index is 0.166. The molecule has 7 heteroatoms. The SMILES string of the molecule is COC[C@@H](c1cccc(OC(F)(F)F)c1)C(CC(C)(C)C)C(N)=O. The summed E-state index contributed by atoms with van der Waals surface area (Å²) in [6, 6.07) is 5.58. The molecular formula is C17H24F3NO3. The van der Waals surface area contributed by atoms with Crippen molar-refractivity contribution in [3.8, 4) is 5.75 Å². The number of ether oxygens (including phenoxy) is 2. The molecule has 0 fully saturated rings. The first-order valence-electron chi connectivity index (χ1n) is 7.57. The van der Waals surface area contributed by atoms with Gasteiger partial charge in [0.05, 0.1) is 6.61 Å². The number of hydrogen-bond donors (Lipinski definition) is 1. The van der Waals surface area contributed by atoms with Gasteiger partial charge in [0.2, 0.25) is 5.91 Å². The van der Waals surface area contributed by atoms with Gasteiger partial charge >= 0.3 is 6.36 Å². The number of methoxy groups -OCH3 is 1. The topological polar surface area (TPSA) is 61.6 Å². The second-order valence-corrected chi connectivity index (χ2v) is 6.96. The molecule has 1 amide bonds. The summed E-state index contributed by atoms with van der Waals surface area (Å²) in [5.41, 5.74) is 5.89. The second-order valence-electron chi connectivity index (χ2n) is 6.96. The summed E-state index contributed by atoms with van der Waals surface area (Å²) in [5.74, 6) is -1.86. The van der Waals surface area contributed by atoms with Crippen LogP contribution in [-0.2, 0) is 9.53 Å². The second kappa shape index (κ2) is 7.88. The maximum absolute atomic E-state index is 12.4. The lowest BCUT2D eigenvalue weighted by Crippen LogP contribution is -2.34. The van der Waals surface area contributed by atoms with Gasteiger partial charge in [-0.15, -0.1) is 13.2 Å². The van der Waals surface area contributed by atoms with Crippen LogP contribution in [-0.4, -0.2) is 26.0 Å². The number of nitrogens with two attached hydrogens (primary N) is 1. The first-order valence-corrected chi connectivity index (χ1v) is 7.57. The van der Waals surface area contributed by atoms with Gasteiger partial charge in [0.25, 0.3) is 0 Å². The summed E-state index contributed by atoms with van der Waals surface area (Å²) in [4.78, 5) is 11.9. The van der Waals surface area contributed by atoms with E-state index in [2.05, 4.69) is 4.74 Å². The van der Waals surface area contributed by atoms with Crippen molar-refractivity contribution >= 4 is 5.91 Å². The summed E-state index contributed by atoms with van der Waals surface area (Å²) in [7, 11) is 1.47. The zero-order valence-corrected chi connectivity index (χ0v) is 14.3. The van der Waals surface area contributed by atoms with Gasteiger partial charge in [-0.3, -0.25) is 4.79 Å². The number of carbonyl (C=O) groups excluding carboxylic acids is 1. The number of primary amides is 1. The Balaban J connectivity index is 3.18. The molecule has 0 heterocycles. The minimum Gasteiger partial charge on any atom is -0.406 e. The summed E-state index contributed by atoms with van der Waals surface area (Å²) in [6.45, 7) is 6.07. The summed E-state index contributed by atoms with van der Waals surface area (Å²) in [5, 5.41) is 0. The van der Waals surface area contributed by atoms with Crippen molar-refractivity contribution in [3.05, 3.63) is 29.8 Å². The molecule has 0 aliphatic rings. The van der Waals surface area contributed by atoms with Crippen LogP contribution < -0.4 is 10.5 Å². The molecule has 0 bridgehead atoms. The van der Waals surface area contributed by atoms with E-state index in [1.165, 1.54) is 25.3 Å². The van der Waals surface area contributed by atoms with Crippen molar-refractivity contribution in [3.63, 3.8) is 0 Å². The molecule has 0 aromatic heterocycles. The van der Waals surface area contributed by atoms with Gasteiger partial charge < -0.3 is 15.2 Å². The lowest BCUT2D eigenvalue weighted by molar-refractivity contribution is -0.274. The number of halogens is 3. The molecule has 0 radical (unpaired) electrons. The lowest BCUT2D eigenvalue weighted by Gasteiger charge is -2.30. The predicted octanol–water partition coefficient (Wildman–Crippen LogP) is 3.85. The minimum atomic E-state index is -4.77. The Bertz CT molecular complexity index is 553. The highest BCUT2D eigenvalue weighted by atomic mass is 19.4. The molecule has 1 rings (SSSR count). The van der Waals surface area contributed by atoms with Crippen LogP contribution in [0.5, 0.6) is 5.75 Å². The summed E-state index contributed by atoms with van der Waals surface area (Å²) >= 11 is 0. The quantitative estimate of drug-likeness (QED) is 0.815. The molecule has 1 unspecified atom stereocenters. The summed E-state index contributed by atoms with van der Waals surface area (Å²) < 4.78 is 46.4. The van der Waals surface area contributed by atoms with Crippen LogP contribution in [0.25, 0.3) is 0 Å². The molecule has 0 saturated carbocycles. The average Bonchev–Trinajstić information content (AvgIpc) is 2.39. The summed E-state index contributed by atoms with van der Waals surface area (Å²) in [6.07, 6.45) is -4.29. The highest BCUT2D eigenvalue weighted by molar-refractivity contribution is 5.78. The number of alkyl halides is 3. The fourth-order valence-electron chi connectivity index (χ4n) is 2.67. The predicted molar refractivity (Wildman–Crippen MR) is 84.5 cm³/mol. The Hall–Kier alpha value is -1.76. The third-order valence-corrected chi connectivity index (χ3v) is 3.55. The molecule has 1 aromatic rings. The zero-order chi connectivity index (χ0) is 18.5. The van der Waals surface area contributed by atoms with E-state index >= 15 is 0 Å². The molecule has 0 spiro atoms.